The molecule has 3 aromatic rings. The highest BCUT2D eigenvalue weighted by molar-refractivity contribution is 7.14. The molecular formula is C24H25ClN4O3S. The van der Waals surface area contributed by atoms with Gasteiger partial charge in [0, 0.05) is 22.7 Å². The van der Waals surface area contributed by atoms with Crippen LogP contribution in [0.2, 0.25) is 5.15 Å². The molecular weight excluding hydrogens is 460 g/mol. The van der Waals surface area contributed by atoms with E-state index in [9.17, 15) is 9.90 Å². The minimum Gasteiger partial charge on any atom is -0.393 e. The van der Waals surface area contributed by atoms with Crippen LogP contribution in [0.1, 0.15) is 62.8 Å². The van der Waals surface area contributed by atoms with Crippen molar-refractivity contribution in [2.24, 2.45) is 5.92 Å². The highest BCUT2D eigenvalue weighted by atomic mass is 35.5. The molecule has 0 spiro atoms. The number of aliphatic hydroxyl groups is 1. The molecule has 4 heterocycles. The van der Waals surface area contributed by atoms with Crippen molar-refractivity contribution >= 4 is 34.5 Å². The van der Waals surface area contributed by atoms with Gasteiger partial charge in [-0.2, -0.15) is 0 Å². The number of rotatable bonds is 5. The molecule has 0 amide bonds. The molecule has 172 valence electrons. The Balaban J connectivity index is 1.43. The third-order valence-electron chi connectivity index (χ3n) is 6.48. The molecule has 4 atom stereocenters. The van der Waals surface area contributed by atoms with Crippen LogP contribution in [0.4, 0.5) is 5.82 Å². The second kappa shape index (κ2) is 9.10. The second-order valence-electron chi connectivity index (χ2n) is 8.77. The summed E-state index contributed by atoms with van der Waals surface area (Å²) >= 11 is 7.58. The normalized spacial score (nSPS) is 24.5. The summed E-state index contributed by atoms with van der Waals surface area (Å²) in [5.74, 6) is 0.576. The molecule has 7 nitrogen and oxygen atoms in total. The molecule has 1 aliphatic heterocycles. The highest BCUT2D eigenvalue weighted by Gasteiger charge is 2.32. The molecule has 5 rings (SSSR count). The molecule has 1 fully saturated rings. The van der Waals surface area contributed by atoms with Crippen molar-refractivity contribution in [1.29, 1.82) is 0 Å². The fourth-order valence-corrected chi connectivity index (χ4v) is 5.83. The quantitative estimate of drug-likeness (QED) is 0.410. The van der Waals surface area contributed by atoms with E-state index >= 15 is 0 Å². The Morgan fingerprint density at radius 2 is 2.18 bits per heavy atom. The average molecular weight is 485 g/mol. The van der Waals surface area contributed by atoms with Crippen LogP contribution < -0.4 is 5.32 Å². The first kappa shape index (κ1) is 22.4. The zero-order valence-electron chi connectivity index (χ0n) is 18.4. The number of aliphatic hydroxyl groups excluding tert-OH is 1. The zero-order valence-corrected chi connectivity index (χ0v) is 20.0. The summed E-state index contributed by atoms with van der Waals surface area (Å²) in [5.41, 5.74) is 3.28. The molecule has 3 aromatic heterocycles. The van der Waals surface area contributed by atoms with Crippen LogP contribution in [0.3, 0.4) is 0 Å². The van der Waals surface area contributed by atoms with Crippen LogP contribution in [0, 0.1) is 12.8 Å². The maximum Gasteiger partial charge on any atom is 0.208 e. The number of nitrogens with one attached hydrogen (secondary N) is 1. The van der Waals surface area contributed by atoms with Crippen LogP contribution in [-0.2, 0) is 11.2 Å². The number of pyridine rings is 1. The minimum absolute atomic E-state index is 0.0695. The Morgan fingerprint density at radius 3 is 2.97 bits per heavy atom. The van der Waals surface area contributed by atoms with E-state index in [0.29, 0.717) is 34.4 Å². The standard InChI is InChI=1S/C24H25ClN4O3S/c1-12-7-15(8-18(12)30)28-24-17(10-26-11-27-24)22(31)19-9-16(13(2)33-19)23-21-14(5-6-32-23)3-4-20(25)29-21/h3-4,9-12,15,18,23,30H,5-8H2,1-2H3,(H,26,27,28)/t12-,15-,18+,23+/m1/s1. The molecule has 9 heteroatoms. The van der Waals surface area contributed by atoms with E-state index in [4.69, 9.17) is 16.3 Å². The van der Waals surface area contributed by atoms with Gasteiger partial charge in [0.05, 0.1) is 28.8 Å². The SMILES string of the molecule is Cc1sc(C(=O)c2cncnc2N[C@@H]2C[C@@H](C)[C@@H](O)C2)cc1[C@@H]1OCCc2ccc(Cl)nc21. The van der Waals surface area contributed by atoms with Crippen LogP contribution in [-0.4, -0.2) is 44.6 Å². The van der Waals surface area contributed by atoms with Crippen LogP contribution in [0.25, 0.3) is 0 Å². The van der Waals surface area contributed by atoms with Gasteiger partial charge in [0.1, 0.15) is 23.4 Å². The van der Waals surface area contributed by atoms with Crippen molar-refractivity contribution in [2.75, 3.05) is 11.9 Å². The fourth-order valence-electron chi connectivity index (χ4n) is 4.67. The molecule has 33 heavy (non-hydrogen) atoms. The summed E-state index contributed by atoms with van der Waals surface area (Å²) < 4.78 is 6.07. The van der Waals surface area contributed by atoms with E-state index in [1.165, 1.54) is 17.7 Å². The van der Waals surface area contributed by atoms with Crippen LogP contribution >= 0.6 is 22.9 Å². The van der Waals surface area contributed by atoms with Gasteiger partial charge in [0.2, 0.25) is 5.78 Å². The largest absolute Gasteiger partial charge is 0.393 e. The third-order valence-corrected chi connectivity index (χ3v) is 7.76. The number of hydrogen-bond acceptors (Lipinski definition) is 8. The minimum atomic E-state index is -0.351. The number of thiophene rings is 1. The number of carbonyl (C=O) groups is 1. The molecule has 1 aliphatic carbocycles. The molecule has 0 aromatic carbocycles. The summed E-state index contributed by atoms with van der Waals surface area (Å²) in [7, 11) is 0. The Morgan fingerprint density at radius 1 is 1.33 bits per heavy atom. The van der Waals surface area contributed by atoms with E-state index in [2.05, 4.69) is 20.3 Å². The van der Waals surface area contributed by atoms with Gasteiger partial charge in [-0.05, 0) is 49.8 Å². The zero-order chi connectivity index (χ0) is 23.1. The maximum absolute atomic E-state index is 13.5. The van der Waals surface area contributed by atoms with Crippen molar-refractivity contribution in [3.05, 3.63) is 68.0 Å². The number of carbonyl (C=O) groups excluding carboxylic acids is 1. The van der Waals surface area contributed by atoms with Crippen molar-refractivity contribution in [3.63, 3.8) is 0 Å². The topological polar surface area (TPSA) is 97.2 Å². The lowest BCUT2D eigenvalue weighted by atomic mass is 9.98. The first-order chi connectivity index (χ1) is 15.9. The number of halogens is 1. The molecule has 0 unspecified atom stereocenters. The maximum atomic E-state index is 13.5. The Labute approximate surface area is 201 Å². The smallest absolute Gasteiger partial charge is 0.208 e. The van der Waals surface area contributed by atoms with E-state index < -0.39 is 0 Å². The van der Waals surface area contributed by atoms with Gasteiger partial charge in [-0.15, -0.1) is 11.3 Å². The monoisotopic (exact) mass is 484 g/mol. The summed E-state index contributed by atoms with van der Waals surface area (Å²) in [6.07, 6.45) is 4.54. The summed E-state index contributed by atoms with van der Waals surface area (Å²) in [4.78, 5) is 28.0. The molecule has 0 radical (unpaired) electrons. The number of ether oxygens (including phenoxy) is 1. The molecule has 1 saturated carbocycles. The summed E-state index contributed by atoms with van der Waals surface area (Å²) in [5, 5.41) is 13.9. The molecule has 2 aliphatic rings. The number of ketones is 1. The van der Waals surface area contributed by atoms with Gasteiger partial charge in [0.25, 0.3) is 0 Å². The second-order valence-corrected chi connectivity index (χ2v) is 10.4. The van der Waals surface area contributed by atoms with Gasteiger partial charge in [0.15, 0.2) is 0 Å². The number of anilines is 1. The van der Waals surface area contributed by atoms with Gasteiger partial charge in [-0.3, -0.25) is 4.79 Å². The predicted molar refractivity (Wildman–Crippen MR) is 127 cm³/mol. The third kappa shape index (κ3) is 4.40. The van der Waals surface area contributed by atoms with Crippen molar-refractivity contribution in [2.45, 2.75) is 51.4 Å². The average Bonchev–Trinajstić information content (AvgIpc) is 3.34. The number of aryl methyl sites for hydroxylation is 1. The number of hydrogen-bond donors (Lipinski definition) is 2. The number of nitrogens with zero attached hydrogens (tertiary/aromatic N) is 3. The van der Waals surface area contributed by atoms with E-state index in [1.54, 1.807) is 12.3 Å². The first-order valence-corrected chi connectivity index (χ1v) is 12.3. The highest BCUT2D eigenvalue weighted by Crippen LogP contribution is 2.38. The first-order valence-electron chi connectivity index (χ1n) is 11.1. The van der Waals surface area contributed by atoms with E-state index in [-0.39, 0.29) is 30.0 Å². The summed E-state index contributed by atoms with van der Waals surface area (Å²) in [6, 6.07) is 5.75. The molecule has 0 saturated heterocycles. The van der Waals surface area contributed by atoms with Crippen LogP contribution in [0.15, 0.2) is 30.7 Å². The predicted octanol–water partition coefficient (Wildman–Crippen LogP) is 4.36. The van der Waals surface area contributed by atoms with Crippen LogP contribution in [0.5, 0.6) is 0 Å². The van der Waals surface area contributed by atoms with E-state index in [0.717, 1.165) is 34.5 Å². The Hall–Kier alpha value is -2.39. The van der Waals surface area contributed by atoms with Crippen molar-refractivity contribution in [1.82, 2.24) is 15.0 Å². The lowest BCUT2D eigenvalue weighted by molar-refractivity contribution is 0.0663. The lowest BCUT2D eigenvalue weighted by Crippen LogP contribution is -2.20. The molecule has 0 bridgehead atoms. The number of fused-ring (bicyclic) bond motifs is 1. The lowest BCUT2D eigenvalue weighted by Gasteiger charge is -2.25. The number of aromatic nitrogens is 3. The molecule has 2 N–H and O–H groups in total. The van der Waals surface area contributed by atoms with Gasteiger partial charge in [-0.1, -0.05) is 24.6 Å². The summed E-state index contributed by atoms with van der Waals surface area (Å²) in [6.45, 7) is 4.61. The van der Waals surface area contributed by atoms with Crippen molar-refractivity contribution < 1.29 is 14.6 Å². The van der Waals surface area contributed by atoms with Gasteiger partial charge >= 0.3 is 0 Å². The van der Waals surface area contributed by atoms with Gasteiger partial charge < -0.3 is 15.2 Å². The Bertz CT molecular complexity index is 1190. The van der Waals surface area contributed by atoms with E-state index in [1.807, 2.05) is 26.0 Å². The Kier molecular flexibility index (Phi) is 6.18. The fraction of sp³-hybridized carbons (Fsp3) is 0.417. The van der Waals surface area contributed by atoms with Crippen molar-refractivity contribution in [3.8, 4) is 0 Å². The van der Waals surface area contributed by atoms with Gasteiger partial charge in [-0.25, -0.2) is 15.0 Å².